The third kappa shape index (κ3) is 2.83. The Morgan fingerprint density at radius 3 is 2.59 bits per heavy atom. The predicted molar refractivity (Wildman–Crippen MR) is 80.3 cm³/mol. The Labute approximate surface area is 128 Å². The molecule has 3 rings (SSSR count). The summed E-state index contributed by atoms with van der Waals surface area (Å²) in [6, 6.07) is 9.74. The molecule has 0 unspecified atom stereocenters. The Morgan fingerprint density at radius 1 is 1.23 bits per heavy atom. The van der Waals surface area contributed by atoms with Gasteiger partial charge in [0.2, 0.25) is 0 Å². The summed E-state index contributed by atoms with van der Waals surface area (Å²) in [5.74, 6) is -0.383. The second kappa shape index (κ2) is 5.74. The molecule has 0 aliphatic rings. The van der Waals surface area contributed by atoms with Crippen LogP contribution < -0.4 is 5.32 Å². The van der Waals surface area contributed by atoms with E-state index in [0.29, 0.717) is 5.69 Å². The predicted octanol–water partition coefficient (Wildman–Crippen LogP) is 2.49. The van der Waals surface area contributed by atoms with Crippen LogP contribution in [0, 0.1) is 10.1 Å². The summed E-state index contributed by atoms with van der Waals surface area (Å²) in [7, 11) is 0. The van der Waals surface area contributed by atoms with Crippen LogP contribution in [0.4, 0.5) is 10.7 Å². The normalized spacial score (nSPS) is 10.4. The van der Waals surface area contributed by atoms with Gasteiger partial charge in [-0.3, -0.25) is 14.9 Å². The lowest BCUT2D eigenvalue weighted by molar-refractivity contribution is -0.380. The Balaban J connectivity index is 1.72. The van der Waals surface area contributed by atoms with Gasteiger partial charge in [-0.05, 0) is 30.3 Å². The van der Waals surface area contributed by atoms with Crippen LogP contribution in [-0.4, -0.2) is 25.6 Å². The topological polar surface area (TPSA) is 103 Å². The van der Waals surface area contributed by atoms with Crippen molar-refractivity contribution in [3.63, 3.8) is 0 Å². The first-order valence-corrected chi connectivity index (χ1v) is 6.96. The fraction of sp³-hybridized carbons (Fsp3) is 0. The molecule has 0 fully saturated rings. The summed E-state index contributed by atoms with van der Waals surface area (Å²) in [5.41, 5.74) is 1.40. The lowest BCUT2D eigenvalue weighted by Gasteiger charge is -2.05. The minimum Gasteiger partial charge on any atom is -0.321 e. The van der Waals surface area contributed by atoms with Crippen LogP contribution >= 0.6 is 11.3 Å². The Bertz CT molecular complexity index is 811. The van der Waals surface area contributed by atoms with E-state index in [-0.39, 0.29) is 15.8 Å². The van der Waals surface area contributed by atoms with Crippen LogP contribution in [-0.2, 0) is 0 Å². The maximum atomic E-state index is 12.0. The standard InChI is InChI=1S/C13H9N5O3S/c19-13(11-5-6-12(22-11)18(20)21)16-9-1-3-10(4-2-9)17-8-14-7-15-17/h1-8H,(H,16,19). The van der Waals surface area contributed by atoms with Crippen LogP contribution in [0.3, 0.4) is 0 Å². The monoisotopic (exact) mass is 315 g/mol. The van der Waals surface area contributed by atoms with Gasteiger partial charge < -0.3 is 5.32 Å². The molecule has 0 spiro atoms. The van der Waals surface area contributed by atoms with Crippen LogP contribution in [0.1, 0.15) is 9.67 Å². The zero-order chi connectivity index (χ0) is 15.5. The highest BCUT2D eigenvalue weighted by Gasteiger charge is 2.15. The number of thiophene rings is 1. The SMILES string of the molecule is O=C(Nc1ccc(-n2cncn2)cc1)c1ccc([N+](=O)[O-])s1. The largest absolute Gasteiger partial charge is 0.324 e. The number of carbonyl (C=O) groups excluding carboxylic acids is 1. The molecule has 0 aliphatic heterocycles. The van der Waals surface area contributed by atoms with Crippen LogP contribution in [0.5, 0.6) is 0 Å². The molecule has 2 heterocycles. The molecule has 0 atom stereocenters. The lowest BCUT2D eigenvalue weighted by atomic mass is 10.2. The molecular formula is C13H9N5O3S. The van der Waals surface area contributed by atoms with E-state index in [1.165, 1.54) is 18.5 Å². The zero-order valence-corrected chi connectivity index (χ0v) is 11.9. The van der Waals surface area contributed by atoms with Gasteiger partial charge in [-0.25, -0.2) is 9.67 Å². The highest BCUT2D eigenvalue weighted by molar-refractivity contribution is 7.17. The molecule has 0 bridgehead atoms. The fourth-order valence-corrected chi connectivity index (χ4v) is 2.50. The Kier molecular flexibility index (Phi) is 3.62. The first-order valence-electron chi connectivity index (χ1n) is 6.14. The molecule has 2 aromatic heterocycles. The van der Waals surface area contributed by atoms with E-state index < -0.39 is 4.92 Å². The molecule has 1 aromatic carbocycles. The number of hydrogen-bond donors (Lipinski definition) is 1. The summed E-state index contributed by atoms with van der Waals surface area (Å²) < 4.78 is 1.59. The van der Waals surface area contributed by atoms with Crippen molar-refractivity contribution >= 4 is 27.9 Å². The fourth-order valence-electron chi connectivity index (χ4n) is 1.78. The molecule has 0 saturated carbocycles. The van der Waals surface area contributed by atoms with Gasteiger partial charge in [-0.15, -0.1) is 0 Å². The number of carbonyl (C=O) groups is 1. The highest BCUT2D eigenvalue weighted by Crippen LogP contribution is 2.24. The van der Waals surface area contributed by atoms with Gasteiger partial charge in [0.05, 0.1) is 15.5 Å². The number of rotatable bonds is 4. The number of benzene rings is 1. The van der Waals surface area contributed by atoms with Gasteiger partial charge in [-0.2, -0.15) is 5.10 Å². The number of nitro groups is 1. The van der Waals surface area contributed by atoms with E-state index in [4.69, 9.17) is 0 Å². The maximum absolute atomic E-state index is 12.0. The minimum atomic E-state index is -0.519. The summed E-state index contributed by atoms with van der Waals surface area (Å²) >= 11 is 0.836. The van der Waals surface area contributed by atoms with Gasteiger partial charge >= 0.3 is 5.00 Å². The van der Waals surface area contributed by atoms with Gasteiger partial charge in [0.25, 0.3) is 5.91 Å². The summed E-state index contributed by atoms with van der Waals surface area (Å²) in [6.07, 6.45) is 3.00. The van der Waals surface area contributed by atoms with Crippen molar-refractivity contribution in [2.24, 2.45) is 0 Å². The van der Waals surface area contributed by atoms with E-state index in [2.05, 4.69) is 15.4 Å². The summed E-state index contributed by atoms with van der Waals surface area (Å²) in [4.78, 5) is 26.2. The van der Waals surface area contributed by atoms with Crippen molar-refractivity contribution in [3.05, 3.63) is 64.0 Å². The van der Waals surface area contributed by atoms with Crippen LogP contribution in [0.2, 0.25) is 0 Å². The summed E-state index contributed by atoms with van der Waals surface area (Å²) in [5, 5.41) is 17.2. The molecule has 1 amide bonds. The number of anilines is 1. The second-order valence-electron chi connectivity index (χ2n) is 4.24. The molecule has 8 nitrogen and oxygen atoms in total. The minimum absolute atomic E-state index is 0.0633. The molecule has 22 heavy (non-hydrogen) atoms. The third-order valence-electron chi connectivity index (χ3n) is 2.80. The molecule has 3 aromatic rings. The quantitative estimate of drug-likeness (QED) is 0.588. The highest BCUT2D eigenvalue weighted by atomic mass is 32.1. The molecule has 1 N–H and O–H groups in total. The first kappa shape index (κ1) is 13.9. The van der Waals surface area contributed by atoms with Crippen molar-refractivity contribution in [1.29, 1.82) is 0 Å². The lowest BCUT2D eigenvalue weighted by Crippen LogP contribution is -2.10. The van der Waals surface area contributed by atoms with Gasteiger partial charge in [0, 0.05) is 11.8 Å². The van der Waals surface area contributed by atoms with Gasteiger partial charge in [0.15, 0.2) is 0 Å². The van der Waals surface area contributed by atoms with E-state index >= 15 is 0 Å². The molecule has 0 radical (unpaired) electrons. The van der Waals surface area contributed by atoms with E-state index in [1.54, 1.807) is 35.3 Å². The second-order valence-corrected chi connectivity index (χ2v) is 5.30. The summed E-state index contributed by atoms with van der Waals surface area (Å²) in [6.45, 7) is 0. The van der Waals surface area contributed by atoms with Crippen LogP contribution in [0.15, 0.2) is 49.1 Å². The number of nitrogens with one attached hydrogen (secondary N) is 1. The van der Waals surface area contributed by atoms with Gasteiger partial charge in [0.1, 0.15) is 12.7 Å². The maximum Gasteiger partial charge on any atom is 0.324 e. The molecule has 0 saturated heterocycles. The van der Waals surface area contributed by atoms with E-state index in [9.17, 15) is 14.9 Å². The molecular weight excluding hydrogens is 306 g/mol. The average Bonchev–Trinajstić information content (AvgIpc) is 3.20. The van der Waals surface area contributed by atoms with Crippen molar-refractivity contribution < 1.29 is 9.72 Å². The van der Waals surface area contributed by atoms with Gasteiger partial charge in [-0.1, -0.05) is 11.3 Å². The average molecular weight is 315 g/mol. The Hall–Kier alpha value is -3.07. The van der Waals surface area contributed by atoms with Crippen molar-refractivity contribution in [3.8, 4) is 5.69 Å². The Morgan fingerprint density at radius 2 is 2.00 bits per heavy atom. The molecule has 110 valence electrons. The number of aromatic nitrogens is 3. The van der Waals surface area contributed by atoms with Crippen molar-refractivity contribution in [2.45, 2.75) is 0 Å². The molecule has 0 aliphatic carbocycles. The number of hydrogen-bond acceptors (Lipinski definition) is 6. The van der Waals surface area contributed by atoms with Crippen LogP contribution in [0.25, 0.3) is 5.69 Å². The van der Waals surface area contributed by atoms with E-state index in [0.717, 1.165) is 17.0 Å². The molecule has 9 heteroatoms. The van der Waals surface area contributed by atoms with Crippen molar-refractivity contribution in [2.75, 3.05) is 5.32 Å². The van der Waals surface area contributed by atoms with Crippen molar-refractivity contribution in [1.82, 2.24) is 14.8 Å². The number of amides is 1. The smallest absolute Gasteiger partial charge is 0.321 e. The van der Waals surface area contributed by atoms with E-state index in [1.807, 2.05) is 0 Å². The third-order valence-corrected chi connectivity index (χ3v) is 3.84. The zero-order valence-electron chi connectivity index (χ0n) is 11.0. The number of nitrogens with zero attached hydrogens (tertiary/aromatic N) is 4. The first-order chi connectivity index (χ1) is 10.6.